The number of aliphatic imine (C=N–C) groups is 1. The van der Waals surface area contributed by atoms with Crippen molar-refractivity contribution in [2.24, 2.45) is 4.99 Å². The number of ether oxygens (including phenoxy) is 1. The molecule has 1 unspecified atom stereocenters. The van der Waals surface area contributed by atoms with Crippen LogP contribution in [0.2, 0.25) is 0 Å². The normalized spacial score (nSPS) is 25.0. The highest BCUT2D eigenvalue weighted by Gasteiger charge is 2.37. The van der Waals surface area contributed by atoms with Gasteiger partial charge in [-0.15, -0.1) is 13.2 Å². The molecule has 1 aliphatic heterocycles. The maximum atomic E-state index is 11.9. The molecule has 0 radical (unpaired) electrons. The number of hydrogen-bond donors (Lipinski definition) is 0. The summed E-state index contributed by atoms with van der Waals surface area (Å²) in [5, 5.41) is 0. The Morgan fingerprint density at radius 1 is 1.40 bits per heavy atom. The molecule has 3 nitrogen and oxygen atoms in total. The highest BCUT2D eigenvalue weighted by atomic mass is 32.2. The predicted octanol–water partition coefficient (Wildman–Crippen LogP) is 2.02. The monoisotopic (exact) mass is 235 g/mol. The summed E-state index contributed by atoms with van der Waals surface area (Å²) in [5.74, 6) is -0.260. The Hall–Kier alpha value is -1.08. The predicted molar refractivity (Wildman–Crippen MR) is 48.2 cm³/mol. The Kier molecular flexibility index (Phi) is 2.43. The Labute approximate surface area is 86.7 Å². The molecule has 0 saturated carbocycles. The number of alkyl halides is 3. The number of nitrogens with zero attached hydrogens (tertiary/aromatic N) is 1. The number of allylic oxidation sites excluding steroid dienone is 4. The lowest BCUT2D eigenvalue weighted by Gasteiger charge is -2.10. The van der Waals surface area contributed by atoms with Gasteiger partial charge in [0.15, 0.2) is 5.78 Å². The topological polar surface area (TPSA) is 38.7 Å². The zero-order valence-corrected chi connectivity index (χ0v) is 7.93. The summed E-state index contributed by atoms with van der Waals surface area (Å²) >= 11 is 0.768. The third-order valence-electron chi connectivity index (χ3n) is 1.64. The highest BCUT2D eigenvalue weighted by Crippen LogP contribution is 2.37. The maximum Gasteiger partial charge on any atom is 0.525 e. The summed E-state index contributed by atoms with van der Waals surface area (Å²) in [6.07, 6.45) is -0.851. The van der Waals surface area contributed by atoms with Crippen molar-refractivity contribution in [2.45, 2.75) is 11.9 Å². The zero-order valence-electron chi connectivity index (χ0n) is 7.12. The lowest BCUT2D eigenvalue weighted by Crippen LogP contribution is -2.18. The summed E-state index contributed by atoms with van der Waals surface area (Å²) in [7, 11) is 0. The minimum Gasteiger partial charge on any atom is -0.290 e. The Morgan fingerprint density at radius 2 is 2.13 bits per heavy atom. The van der Waals surface area contributed by atoms with Crippen LogP contribution in [0.25, 0.3) is 0 Å². The van der Waals surface area contributed by atoms with Crippen LogP contribution in [-0.2, 0) is 9.53 Å². The number of thioether (sulfide) groups is 1. The van der Waals surface area contributed by atoms with Crippen LogP contribution < -0.4 is 0 Å². The van der Waals surface area contributed by atoms with E-state index in [1.807, 2.05) is 0 Å². The molecule has 0 aromatic carbocycles. The first-order chi connectivity index (χ1) is 6.94. The van der Waals surface area contributed by atoms with Gasteiger partial charge in [0.25, 0.3) is 0 Å². The van der Waals surface area contributed by atoms with Crippen molar-refractivity contribution in [2.75, 3.05) is 0 Å². The average Bonchev–Trinajstić information content (AvgIpc) is 2.42. The van der Waals surface area contributed by atoms with Crippen molar-refractivity contribution in [3.8, 4) is 0 Å². The first-order valence-electron chi connectivity index (χ1n) is 3.87. The molecule has 80 valence electrons. The lowest BCUT2D eigenvalue weighted by atomic mass is 10.1. The van der Waals surface area contributed by atoms with E-state index in [-0.39, 0.29) is 5.78 Å². The van der Waals surface area contributed by atoms with E-state index in [9.17, 15) is 18.0 Å². The third-order valence-corrected chi connectivity index (χ3v) is 2.62. The second kappa shape index (κ2) is 3.49. The van der Waals surface area contributed by atoms with Crippen molar-refractivity contribution in [3.05, 3.63) is 23.1 Å². The highest BCUT2D eigenvalue weighted by molar-refractivity contribution is 8.04. The molecule has 2 rings (SSSR count). The van der Waals surface area contributed by atoms with Crippen molar-refractivity contribution in [1.82, 2.24) is 0 Å². The number of hydrogen-bond acceptors (Lipinski definition) is 4. The van der Waals surface area contributed by atoms with Gasteiger partial charge < -0.3 is 0 Å². The van der Waals surface area contributed by atoms with Crippen LogP contribution >= 0.6 is 11.8 Å². The van der Waals surface area contributed by atoms with Gasteiger partial charge in [-0.25, -0.2) is 4.99 Å². The fraction of sp³-hybridized carbons (Fsp3) is 0.250. The molecule has 0 bridgehead atoms. The molecule has 1 atom stereocenters. The molecule has 0 amide bonds. The molecule has 1 heterocycles. The summed E-state index contributed by atoms with van der Waals surface area (Å²) in [5.41, 5.74) is -0.990. The third kappa shape index (κ3) is 2.48. The van der Waals surface area contributed by atoms with Crippen LogP contribution in [0.15, 0.2) is 28.1 Å². The smallest absolute Gasteiger partial charge is 0.290 e. The van der Waals surface area contributed by atoms with Gasteiger partial charge in [-0.1, -0.05) is 11.8 Å². The van der Waals surface area contributed by atoms with Crippen LogP contribution in [0.1, 0.15) is 0 Å². The molecule has 7 heteroatoms. The minimum absolute atomic E-state index is 0.260. The molecule has 0 N–H and O–H groups in total. The average molecular weight is 235 g/mol. The summed E-state index contributed by atoms with van der Waals surface area (Å²) in [6, 6.07) is 0. The molecular formula is C8H4F3NO2S. The van der Waals surface area contributed by atoms with Crippen LogP contribution in [0, 0.1) is 0 Å². The van der Waals surface area contributed by atoms with Gasteiger partial charge in [-0.05, 0) is 12.2 Å². The molecule has 2 aliphatic rings. The minimum atomic E-state index is -4.72. The Balaban J connectivity index is 2.12. The fourth-order valence-corrected chi connectivity index (χ4v) is 2.08. The van der Waals surface area contributed by atoms with E-state index in [0.717, 1.165) is 11.8 Å². The van der Waals surface area contributed by atoms with E-state index in [1.165, 1.54) is 18.2 Å². The number of carbonyl (C=O) groups excluding carboxylic acids is 1. The Morgan fingerprint density at radius 3 is 2.80 bits per heavy atom. The summed E-state index contributed by atoms with van der Waals surface area (Å²) in [4.78, 5) is 15.0. The quantitative estimate of drug-likeness (QED) is 0.652. The standard InChI is InChI=1S/C8H4F3NO2S/c9-8(10,11)14-7-12-5-2-1-4(13)3-6(5)15-7/h1-3,7H. The lowest BCUT2D eigenvalue weighted by molar-refractivity contribution is -0.329. The molecule has 1 aliphatic carbocycles. The summed E-state index contributed by atoms with van der Waals surface area (Å²) in [6.45, 7) is 0. The van der Waals surface area contributed by atoms with Crippen LogP contribution in [0.5, 0.6) is 0 Å². The van der Waals surface area contributed by atoms with E-state index in [2.05, 4.69) is 9.73 Å². The van der Waals surface area contributed by atoms with Gasteiger partial charge in [0.2, 0.25) is 5.56 Å². The number of halogens is 3. The van der Waals surface area contributed by atoms with Crippen LogP contribution in [-0.4, -0.2) is 23.4 Å². The number of rotatable bonds is 1. The van der Waals surface area contributed by atoms with E-state index >= 15 is 0 Å². The SMILES string of the molecule is O=C1C=CC2=NC(OC(F)(F)F)SC2=C1. The molecular weight excluding hydrogens is 231 g/mol. The zero-order chi connectivity index (χ0) is 11.1. The van der Waals surface area contributed by atoms with Crippen LogP contribution in [0.3, 0.4) is 0 Å². The van der Waals surface area contributed by atoms with Gasteiger partial charge >= 0.3 is 6.36 Å². The molecule has 0 aromatic heterocycles. The molecule has 0 spiro atoms. The van der Waals surface area contributed by atoms with Crippen molar-refractivity contribution in [1.29, 1.82) is 0 Å². The van der Waals surface area contributed by atoms with E-state index < -0.39 is 11.9 Å². The van der Waals surface area contributed by atoms with Crippen molar-refractivity contribution >= 4 is 23.3 Å². The first kappa shape index (κ1) is 10.4. The van der Waals surface area contributed by atoms with Crippen molar-refractivity contribution in [3.63, 3.8) is 0 Å². The van der Waals surface area contributed by atoms with Gasteiger partial charge in [0, 0.05) is 11.0 Å². The van der Waals surface area contributed by atoms with E-state index in [0.29, 0.717) is 10.6 Å². The molecule has 0 fully saturated rings. The molecule has 0 saturated heterocycles. The van der Waals surface area contributed by atoms with Gasteiger partial charge in [0.1, 0.15) is 0 Å². The number of carbonyl (C=O) groups is 1. The van der Waals surface area contributed by atoms with Crippen molar-refractivity contribution < 1.29 is 22.7 Å². The molecule has 0 aromatic rings. The second-order valence-corrected chi connectivity index (χ2v) is 3.83. The maximum absolute atomic E-state index is 11.9. The van der Waals surface area contributed by atoms with E-state index in [1.54, 1.807) is 0 Å². The van der Waals surface area contributed by atoms with E-state index in [4.69, 9.17) is 0 Å². The first-order valence-corrected chi connectivity index (χ1v) is 4.75. The molecule has 15 heavy (non-hydrogen) atoms. The number of ketones is 1. The fourth-order valence-electron chi connectivity index (χ4n) is 1.11. The van der Waals surface area contributed by atoms with Gasteiger partial charge in [-0.3, -0.25) is 9.53 Å². The summed E-state index contributed by atoms with van der Waals surface area (Å²) < 4.78 is 39.3. The van der Waals surface area contributed by atoms with Crippen LogP contribution in [0.4, 0.5) is 13.2 Å². The second-order valence-electron chi connectivity index (χ2n) is 2.75. The Bertz CT molecular complexity index is 397. The van der Waals surface area contributed by atoms with Gasteiger partial charge in [0.05, 0.1) is 5.71 Å². The van der Waals surface area contributed by atoms with Gasteiger partial charge in [-0.2, -0.15) is 0 Å². The largest absolute Gasteiger partial charge is 0.525 e. The number of fused-ring (bicyclic) bond motifs is 1.